The monoisotopic (exact) mass is 490 g/mol. The van der Waals surface area contributed by atoms with Gasteiger partial charge >= 0.3 is 0 Å². The van der Waals surface area contributed by atoms with Gasteiger partial charge in [-0.15, -0.1) is 0 Å². The first-order valence-electron chi connectivity index (χ1n) is 11.7. The van der Waals surface area contributed by atoms with E-state index in [4.69, 9.17) is 16.6 Å². The van der Waals surface area contributed by atoms with Crippen molar-refractivity contribution in [1.82, 2.24) is 19.8 Å². The van der Waals surface area contributed by atoms with Gasteiger partial charge in [0.05, 0.1) is 17.8 Å². The van der Waals surface area contributed by atoms with Crippen LogP contribution >= 0.6 is 11.6 Å². The van der Waals surface area contributed by atoms with Crippen molar-refractivity contribution in [3.63, 3.8) is 0 Å². The lowest BCUT2D eigenvalue weighted by molar-refractivity contribution is -0.115. The predicted octanol–water partition coefficient (Wildman–Crippen LogP) is 4.20. The molecule has 2 aromatic carbocycles. The standard InChI is InChI=1S/C26H27ClN6O2/c1-32-11-9-20(10-12-32)33(2)25(35)16-3-6-19(7-4-16)29-26-28-15-17-13-23(34)30-22-14-18(27)5-8-21(22)24(17)31-26/h3-8,14-15,20H,9-13H2,1-2H3,(H,30,34)(H,28,29,31). The average Bonchev–Trinajstić information content (AvgIpc) is 2.98. The highest BCUT2D eigenvalue weighted by atomic mass is 35.5. The van der Waals surface area contributed by atoms with Gasteiger partial charge in [-0.3, -0.25) is 9.59 Å². The van der Waals surface area contributed by atoms with Crippen LogP contribution in [-0.4, -0.2) is 64.8 Å². The van der Waals surface area contributed by atoms with E-state index in [0.717, 1.165) is 42.7 Å². The number of aromatic nitrogens is 2. The first-order chi connectivity index (χ1) is 16.9. The van der Waals surface area contributed by atoms with Crippen molar-refractivity contribution in [3.05, 3.63) is 64.8 Å². The number of carbonyl (C=O) groups is 2. The Balaban J connectivity index is 1.33. The van der Waals surface area contributed by atoms with Crippen LogP contribution in [0.25, 0.3) is 11.3 Å². The molecule has 5 rings (SSSR count). The van der Waals surface area contributed by atoms with Crippen LogP contribution < -0.4 is 10.6 Å². The molecular weight excluding hydrogens is 464 g/mol. The first-order valence-corrected chi connectivity index (χ1v) is 12.0. The number of likely N-dealkylation sites (tertiary alicyclic amines) is 1. The van der Waals surface area contributed by atoms with Gasteiger partial charge in [-0.1, -0.05) is 11.6 Å². The van der Waals surface area contributed by atoms with Gasteiger partial charge in [0.15, 0.2) is 0 Å². The largest absolute Gasteiger partial charge is 0.339 e. The topological polar surface area (TPSA) is 90.5 Å². The van der Waals surface area contributed by atoms with Crippen LogP contribution in [0.2, 0.25) is 5.02 Å². The predicted molar refractivity (Wildman–Crippen MR) is 137 cm³/mol. The van der Waals surface area contributed by atoms with E-state index in [1.807, 2.05) is 42.3 Å². The molecule has 2 amide bonds. The third-order valence-corrected chi connectivity index (χ3v) is 6.91. The summed E-state index contributed by atoms with van der Waals surface area (Å²) in [6.07, 6.45) is 3.83. The van der Waals surface area contributed by atoms with Crippen molar-refractivity contribution in [1.29, 1.82) is 0 Å². The van der Waals surface area contributed by atoms with Crippen molar-refractivity contribution < 1.29 is 9.59 Å². The number of hydrogen-bond donors (Lipinski definition) is 2. The number of fused-ring (bicyclic) bond motifs is 3. The van der Waals surface area contributed by atoms with Crippen molar-refractivity contribution in [2.75, 3.05) is 37.8 Å². The molecule has 3 aromatic rings. The fourth-order valence-corrected chi connectivity index (χ4v) is 4.77. The number of hydrogen-bond acceptors (Lipinski definition) is 6. The van der Waals surface area contributed by atoms with Gasteiger partial charge in [-0.2, -0.15) is 0 Å². The molecule has 0 radical (unpaired) electrons. The second-order valence-electron chi connectivity index (χ2n) is 9.14. The van der Waals surface area contributed by atoms with E-state index in [1.54, 1.807) is 18.3 Å². The molecule has 1 saturated heterocycles. The Bertz CT molecular complexity index is 1270. The van der Waals surface area contributed by atoms with Gasteiger partial charge < -0.3 is 20.4 Å². The molecule has 1 aromatic heterocycles. The molecule has 0 unspecified atom stereocenters. The zero-order valence-electron chi connectivity index (χ0n) is 19.7. The third kappa shape index (κ3) is 4.99. The van der Waals surface area contributed by atoms with Gasteiger partial charge in [0.25, 0.3) is 5.91 Å². The van der Waals surface area contributed by atoms with E-state index in [-0.39, 0.29) is 24.3 Å². The molecule has 2 N–H and O–H groups in total. The van der Waals surface area contributed by atoms with Crippen LogP contribution in [0.3, 0.4) is 0 Å². The summed E-state index contributed by atoms with van der Waals surface area (Å²) < 4.78 is 0. The second-order valence-corrected chi connectivity index (χ2v) is 9.57. The SMILES string of the molecule is CN1CCC(N(C)C(=O)c2ccc(Nc3ncc4c(n3)-c3ccc(Cl)cc3NC(=O)C4)cc2)CC1. The van der Waals surface area contributed by atoms with Gasteiger partial charge in [0.2, 0.25) is 11.9 Å². The summed E-state index contributed by atoms with van der Waals surface area (Å²) in [5.74, 6) is 0.295. The molecule has 35 heavy (non-hydrogen) atoms. The highest BCUT2D eigenvalue weighted by Gasteiger charge is 2.25. The third-order valence-electron chi connectivity index (χ3n) is 6.67. The maximum atomic E-state index is 13.0. The lowest BCUT2D eigenvalue weighted by Crippen LogP contribution is -2.44. The number of halogens is 1. The van der Waals surface area contributed by atoms with Crippen LogP contribution in [0.1, 0.15) is 28.8 Å². The summed E-state index contributed by atoms with van der Waals surface area (Å²) >= 11 is 6.12. The molecule has 0 aliphatic carbocycles. The summed E-state index contributed by atoms with van der Waals surface area (Å²) in [5.41, 5.74) is 4.25. The number of anilines is 3. The van der Waals surface area contributed by atoms with E-state index in [9.17, 15) is 9.59 Å². The van der Waals surface area contributed by atoms with Gasteiger partial charge in [0.1, 0.15) is 0 Å². The molecule has 0 spiro atoms. The maximum absolute atomic E-state index is 13.0. The number of carbonyl (C=O) groups excluding carboxylic acids is 2. The van der Waals surface area contributed by atoms with Gasteiger partial charge in [0, 0.05) is 46.7 Å². The van der Waals surface area contributed by atoms with Crippen molar-refractivity contribution in [2.45, 2.75) is 25.3 Å². The summed E-state index contributed by atoms with van der Waals surface area (Å²) in [6.45, 7) is 2.02. The summed E-state index contributed by atoms with van der Waals surface area (Å²) in [6, 6.07) is 12.9. The highest BCUT2D eigenvalue weighted by Crippen LogP contribution is 2.35. The summed E-state index contributed by atoms with van der Waals surface area (Å²) in [5, 5.41) is 6.63. The molecule has 1 fully saturated rings. The van der Waals surface area contributed by atoms with Crippen molar-refractivity contribution in [3.8, 4) is 11.3 Å². The highest BCUT2D eigenvalue weighted by molar-refractivity contribution is 6.31. The van der Waals surface area contributed by atoms with Gasteiger partial charge in [-0.05, 0) is 75.4 Å². The lowest BCUT2D eigenvalue weighted by atomic mass is 10.0. The molecule has 2 aliphatic heterocycles. The Morgan fingerprint density at radius 2 is 1.91 bits per heavy atom. The number of amides is 2. The molecule has 9 heteroatoms. The lowest BCUT2D eigenvalue weighted by Gasteiger charge is -2.35. The molecule has 0 atom stereocenters. The average molecular weight is 491 g/mol. The van der Waals surface area contributed by atoms with Crippen LogP contribution in [-0.2, 0) is 11.2 Å². The Morgan fingerprint density at radius 1 is 1.17 bits per heavy atom. The number of nitrogens with zero attached hydrogens (tertiary/aromatic N) is 4. The summed E-state index contributed by atoms with van der Waals surface area (Å²) in [7, 11) is 4.00. The number of rotatable bonds is 4. The molecule has 2 aliphatic rings. The quantitative estimate of drug-likeness (QED) is 0.569. The zero-order chi connectivity index (χ0) is 24.5. The van der Waals surface area contributed by atoms with E-state index >= 15 is 0 Å². The minimum Gasteiger partial charge on any atom is -0.339 e. The van der Waals surface area contributed by atoms with Crippen molar-refractivity contribution >= 4 is 40.7 Å². The van der Waals surface area contributed by atoms with Crippen LogP contribution in [0.4, 0.5) is 17.3 Å². The fourth-order valence-electron chi connectivity index (χ4n) is 4.60. The Labute approximate surface area is 209 Å². The number of piperidine rings is 1. The smallest absolute Gasteiger partial charge is 0.253 e. The number of benzene rings is 2. The molecule has 0 saturated carbocycles. The van der Waals surface area contributed by atoms with E-state index in [0.29, 0.717) is 27.9 Å². The Kier molecular flexibility index (Phi) is 6.40. The summed E-state index contributed by atoms with van der Waals surface area (Å²) in [4.78, 5) is 38.5. The van der Waals surface area contributed by atoms with E-state index < -0.39 is 0 Å². The second kappa shape index (κ2) is 9.64. The minimum absolute atomic E-state index is 0.0276. The Hall–Kier alpha value is -3.49. The minimum atomic E-state index is -0.137. The van der Waals surface area contributed by atoms with Crippen molar-refractivity contribution in [2.24, 2.45) is 0 Å². The van der Waals surface area contributed by atoms with Crippen LogP contribution in [0, 0.1) is 0 Å². The maximum Gasteiger partial charge on any atom is 0.253 e. The molecule has 180 valence electrons. The first kappa shape index (κ1) is 23.3. The zero-order valence-corrected chi connectivity index (χ0v) is 20.5. The molecule has 3 heterocycles. The fraction of sp³-hybridized carbons (Fsp3) is 0.308. The molecule has 8 nitrogen and oxygen atoms in total. The molecule has 0 bridgehead atoms. The van der Waals surface area contributed by atoms with Crippen LogP contribution in [0.5, 0.6) is 0 Å². The van der Waals surface area contributed by atoms with E-state index in [1.165, 1.54) is 0 Å². The normalized spacial score (nSPS) is 16.0. The number of nitrogens with one attached hydrogen (secondary N) is 2. The Morgan fingerprint density at radius 3 is 2.66 bits per heavy atom. The molecular formula is C26H27ClN6O2. The van der Waals surface area contributed by atoms with E-state index in [2.05, 4.69) is 27.6 Å². The van der Waals surface area contributed by atoms with Crippen LogP contribution in [0.15, 0.2) is 48.7 Å². The van der Waals surface area contributed by atoms with Gasteiger partial charge in [-0.25, -0.2) is 9.97 Å².